The SMILES string of the molecule is CC.CCC(C)NC(=O)NC1CCN(c2ccc(C(=N)N)cc2)C1=O. The van der Waals surface area contributed by atoms with E-state index in [2.05, 4.69) is 10.6 Å². The number of nitrogen functional groups attached to an aromatic ring is 1. The average Bonchev–Trinajstić information content (AvgIpc) is 2.97. The second kappa shape index (κ2) is 9.66. The fourth-order valence-corrected chi connectivity index (χ4v) is 2.42. The van der Waals surface area contributed by atoms with Crippen LogP contribution in [0.4, 0.5) is 10.5 Å². The van der Waals surface area contributed by atoms with Crippen molar-refractivity contribution in [2.45, 2.75) is 52.6 Å². The third-order valence-electron chi connectivity index (χ3n) is 3.99. The lowest BCUT2D eigenvalue weighted by molar-refractivity contribution is -0.118. The summed E-state index contributed by atoms with van der Waals surface area (Å²) in [6.07, 6.45) is 1.40. The zero-order valence-corrected chi connectivity index (χ0v) is 15.4. The van der Waals surface area contributed by atoms with Gasteiger partial charge in [-0.1, -0.05) is 20.8 Å². The van der Waals surface area contributed by atoms with E-state index in [0.717, 1.165) is 12.1 Å². The smallest absolute Gasteiger partial charge is 0.315 e. The number of carbonyl (C=O) groups excluding carboxylic acids is 2. The molecule has 1 aromatic rings. The summed E-state index contributed by atoms with van der Waals surface area (Å²) in [5.41, 5.74) is 6.78. The summed E-state index contributed by atoms with van der Waals surface area (Å²) in [6.45, 7) is 8.45. The Balaban J connectivity index is 0.00000151. The molecule has 0 spiro atoms. The molecule has 7 heteroatoms. The van der Waals surface area contributed by atoms with Crippen LogP contribution in [0.15, 0.2) is 24.3 Å². The molecule has 0 bridgehead atoms. The van der Waals surface area contributed by atoms with Gasteiger partial charge < -0.3 is 21.3 Å². The molecule has 1 aliphatic rings. The minimum atomic E-state index is -0.508. The normalized spacial score (nSPS) is 17.4. The number of urea groups is 1. The predicted octanol–water partition coefficient (Wildman–Crippen LogP) is 2.20. The lowest BCUT2D eigenvalue weighted by Gasteiger charge is -2.18. The van der Waals surface area contributed by atoms with Gasteiger partial charge in [-0.15, -0.1) is 0 Å². The molecule has 138 valence electrons. The number of anilines is 1. The Kier molecular flexibility index (Phi) is 7.91. The van der Waals surface area contributed by atoms with Gasteiger partial charge in [0.05, 0.1) is 0 Å². The van der Waals surface area contributed by atoms with Gasteiger partial charge in [0.2, 0.25) is 5.91 Å². The Bertz CT molecular complexity index is 600. The summed E-state index contributed by atoms with van der Waals surface area (Å²) in [5.74, 6) is -0.134. The lowest BCUT2D eigenvalue weighted by atomic mass is 10.2. The standard InChI is InChI=1S/C16H23N5O2.C2H6/c1-3-10(2)19-16(23)20-13-8-9-21(15(13)22)12-6-4-11(5-7-12)14(17)18;1-2/h4-7,10,13H,3,8-9H2,1-2H3,(H3,17,18)(H2,19,20,23);1-2H3. The minimum Gasteiger partial charge on any atom is -0.384 e. The van der Waals surface area contributed by atoms with E-state index >= 15 is 0 Å². The van der Waals surface area contributed by atoms with Crippen LogP contribution in [0.5, 0.6) is 0 Å². The molecule has 0 radical (unpaired) electrons. The van der Waals surface area contributed by atoms with E-state index in [1.165, 1.54) is 0 Å². The maximum Gasteiger partial charge on any atom is 0.315 e. The summed E-state index contributed by atoms with van der Waals surface area (Å²) >= 11 is 0. The Morgan fingerprint density at radius 2 is 1.96 bits per heavy atom. The molecule has 25 heavy (non-hydrogen) atoms. The highest BCUT2D eigenvalue weighted by molar-refractivity contribution is 6.02. The second-order valence-electron chi connectivity index (χ2n) is 5.72. The van der Waals surface area contributed by atoms with Crippen LogP contribution in [0.25, 0.3) is 0 Å². The van der Waals surface area contributed by atoms with Crippen LogP contribution >= 0.6 is 0 Å². The topological polar surface area (TPSA) is 111 Å². The van der Waals surface area contributed by atoms with E-state index in [9.17, 15) is 9.59 Å². The summed E-state index contributed by atoms with van der Waals surface area (Å²) in [6, 6.07) is 6.19. The number of nitrogens with one attached hydrogen (secondary N) is 3. The molecule has 0 aliphatic carbocycles. The quantitative estimate of drug-likeness (QED) is 0.484. The molecule has 2 unspecified atom stereocenters. The molecule has 1 heterocycles. The highest BCUT2D eigenvalue weighted by Crippen LogP contribution is 2.22. The first-order chi connectivity index (χ1) is 11.9. The predicted molar refractivity (Wildman–Crippen MR) is 101 cm³/mol. The first-order valence-electron chi connectivity index (χ1n) is 8.75. The fraction of sp³-hybridized carbons (Fsp3) is 0.500. The molecule has 5 N–H and O–H groups in total. The third-order valence-corrected chi connectivity index (χ3v) is 3.99. The van der Waals surface area contributed by atoms with Gasteiger partial charge in [-0.25, -0.2) is 4.79 Å². The summed E-state index contributed by atoms with van der Waals surface area (Å²) in [4.78, 5) is 25.9. The highest BCUT2D eigenvalue weighted by atomic mass is 16.2. The second-order valence-corrected chi connectivity index (χ2v) is 5.72. The number of nitrogens with two attached hydrogens (primary N) is 1. The number of hydrogen-bond acceptors (Lipinski definition) is 3. The van der Waals surface area contributed by atoms with E-state index < -0.39 is 6.04 Å². The summed E-state index contributed by atoms with van der Waals surface area (Å²) < 4.78 is 0. The van der Waals surface area contributed by atoms with Crippen molar-refractivity contribution in [3.63, 3.8) is 0 Å². The van der Waals surface area contributed by atoms with Crippen LogP contribution in [0.1, 0.15) is 46.1 Å². The molecule has 3 amide bonds. The van der Waals surface area contributed by atoms with E-state index in [1.54, 1.807) is 29.2 Å². The van der Waals surface area contributed by atoms with Crippen molar-refractivity contribution < 1.29 is 9.59 Å². The zero-order valence-electron chi connectivity index (χ0n) is 15.4. The van der Waals surface area contributed by atoms with Gasteiger partial charge in [-0.05, 0) is 44.0 Å². The number of benzene rings is 1. The van der Waals surface area contributed by atoms with Crippen molar-refractivity contribution in [1.29, 1.82) is 5.41 Å². The van der Waals surface area contributed by atoms with Crippen molar-refractivity contribution in [2.24, 2.45) is 5.73 Å². The largest absolute Gasteiger partial charge is 0.384 e. The first-order valence-corrected chi connectivity index (χ1v) is 8.75. The maximum absolute atomic E-state index is 12.4. The molecule has 2 rings (SSSR count). The van der Waals surface area contributed by atoms with Gasteiger partial charge in [0, 0.05) is 23.8 Å². The van der Waals surface area contributed by atoms with Crippen LogP contribution in [-0.2, 0) is 4.79 Å². The van der Waals surface area contributed by atoms with E-state index in [-0.39, 0.29) is 23.8 Å². The third kappa shape index (κ3) is 5.48. The van der Waals surface area contributed by atoms with Crippen molar-refractivity contribution >= 4 is 23.5 Å². The van der Waals surface area contributed by atoms with E-state index in [1.807, 2.05) is 27.7 Å². The molecule has 1 saturated heterocycles. The fourth-order valence-electron chi connectivity index (χ4n) is 2.42. The molecular formula is C18H29N5O2. The molecule has 7 nitrogen and oxygen atoms in total. The Morgan fingerprint density at radius 3 is 2.48 bits per heavy atom. The van der Waals surface area contributed by atoms with Crippen molar-refractivity contribution in [3.05, 3.63) is 29.8 Å². The van der Waals surface area contributed by atoms with Crippen LogP contribution in [-0.4, -0.2) is 36.4 Å². The zero-order chi connectivity index (χ0) is 19.0. The highest BCUT2D eigenvalue weighted by Gasteiger charge is 2.33. The molecule has 1 aliphatic heterocycles. The monoisotopic (exact) mass is 347 g/mol. The number of amides is 3. The van der Waals surface area contributed by atoms with Gasteiger partial charge in [0.15, 0.2) is 0 Å². The maximum atomic E-state index is 12.4. The van der Waals surface area contributed by atoms with Gasteiger partial charge in [0.25, 0.3) is 0 Å². The molecule has 0 aromatic heterocycles. The van der Waals surface area contributed by atoms with E-state index in [0.29, 0.717) is 18.5 Å². The Hall–Kier alpha value is -2.57. The molecular weight excluding hydrogens is 318 g/mol. The Labute approximate surface area is 149 Å². The average molecular weight is 347 g/mol. The number of nitrogens with zero attached hydrogens (tertiary/aromatic N) is 1. The summed E-state index contributed by atoms with van der Waals surface area (Å²) in [5, 5.41) is 12.9. The lowest BCUT2D eigenvalue weighted by Crippen LogP contribution is -2.48. The van der Waals surface area contributed by atoms with Crippen LogP contribution in [0, 0.1) is 5.41 Å². The molecule has 1 fully saturated rings. The van der Waals surface area contributed by atoms with Crippen molar-refractivity contribution in [3.8, 4) is 0 Å². The number of hydrogen-bond donors (Lipinski definition) is 4. The van der Waals surface area contributed by atoms with Crippen molar-refractivity contribution in [1.82, 2.24) is 10.6 Å². The van der Waals surface area contributed by atoms with Gasteiger partial charge in [-0.2, -0.15) is 0 Å². The van der Waals surface area contributed by atoms with Gasteiger partial charge in [-0.3, -0.25) is 10.2 Å². The van der Waals surface area contributed by atoms with Gasteiger partial charge >= 0.3 is 6.03 Å². The Morgan fingerprint density at radius 1 is 1.36 bits per heavy atom. The van der Waals surface area contributed by atoms with Crippen LogP contribution in [0.3, 0.4) is 0 Å². The van der Waals surface area contributed by atoms with Crippen molar-refractivity contribution in [2.75, 3.05) is 11.4 Å². The van der Waals surface area contributed by atoms with Gasteiger partial charge in [0.1, 0.15) is 11.9 Å². The first kappa shape index (κ1) is 20.5. The molecule has 1 aromatic carbocycles. The summed E-state index contributed by atoms with van der Waals surface area (Å²) in [7, 11) is 0. The van der Waals surface area contributed by atoms with Crippen LogP contribution < -0.4 is 21.3 Å². The minimum absolute atomic E-state index is 0.00874. The van der Waals surface area contributed by atoms with Crippen LogP contribution in [0.2, 0.25) is 0 Å². The molecule has 2 atom stereocenters. The number of amidine groups is 1. The number of carbonyl (C=O) groups is 2. The van der Waals surface area contributed by atoms with E-state index in [4.69, 9.17) is 11.1 Å². The molecule has 0 saturated carbocycles. The number of rotatable bonds is 5.